The molecule has 0 aliphatic carbocycles. The second-order valence-electron chi connectivity index (χ2n) is 3.77. The van der Waals surface area contributed by atoms with Gasteiger partial charge in [-0.1, -0.05) is 5.21 Å². The molecule has 0 radical (unpaired) electrons. The van der Waals surface area contributed by atoms with Gasteiger partial charge < -0.3 is 10.4 Å². The summed E-state index contributed by atoms with van der Waals surface area (Å²) in [4.78, 5) is 22.4. The summed E-state index contributed by atoms with van der Waals surface area (Å²) < 4.78 is 14.5. The Balaban J connectivity index is 2.11. The highest BCUT2D eigenvalue weighted by molar-refractivity contribution is 14.1. The molecular formula is C11H8FIN4O3. The Morgan fingerprint density at radius 1 is 1.45 bits per heavy atom. The molecule has 0 spiro atoms. The van der Waals surface area contributed by atoms with Gasteiger partial charge in [-0.2, -0.15) is 0 Å². The van der Waals surface area contributed by atoms with Crippen LogP contribution >= 0.6 is 22.6 Å². The van der Waals surface area contributed by atoms with Gasteiger partial charge in [0.15, 0.2) is 5.69 Å². The van der Waals surface area contributed by atoms with E-state index in [0.717, 1.165) is 4.68 Å². The summed E-state index contributed by atoms with van der Waals surface area (Å²) in [5, 5.41) is 18.2. The molecule has 0 aliphatic heterocycles. The van der Waals surface area contributed by atoms with Gasteiger partial charge in [0.05, 0.1) is 11.9 Å². The third-order valence-electron chi connectivity index (χ3n) is 2.25. The highest BCUT2D eigenvalue weighted by Gasteiger charge is 2.13. The quantitative estimate of drug-likeness (QED) is 0.769. The van der Waals surface area contributed by atoms with Crippen molar-refractivity contribution in [3.63, 3.8) is 0 Å². The number of carbonyl (C=O) groups excluding carboxylic acids is 1. The topological polar surface area (TPSA) is 97.1 Å². The van der Waals surface area contributed by atoms with Crippen molar-refractivity contribution in [2.24, 2.45) is 0 Å². The van der Waals surface area contributed by atoms with Crippen LogP contribution in [0.3, 0.4) is 0 Å². The number of halogens is 2. The Kier molecular flexibility index (Phi) is 4.27. The molecule has 7 nitrogen and oxygen atoms in total. The average Bonchev–Trinajstić information content (AvgIpc) is 2.80. The van der Waals surface area contributed by atoms with Gasteiger partial charge in [-0.25, -0.2) is 9.07 Å². The molecule has 20 heavy (non-hydrogen) atoms. The summed E-state index contributed by atoms with van der Waals surface area (Å²) in [6, 6.07) is 3.92. The van der Waals surface area contributed by atoms with Crippen LogP contribution in [0.1, 0.15) is 10.5 Å². The summed E-state index contributed by atoms with van der Waals surface area (Å²) in [7, 11) is 0. The molecule has 1 heterocycles. The van der Waals surface area contributed by atoms with Gasteiger partial charge in [-0.3, -0.25) is 9.59 Å². The average molecular weight is 390 g/mol. The van der Waals surface area contributed by atoms with Crippen LogP contribution < -0.4 is 5.32 Å². The van der Waals surface area contributed by atoms with Crippen molar-refractivity contribution < 1.29 is 19.1 Å². The minimum Gasteiger partial charge on any atom is -0.480 e. The molecule has 0 atom stereocenters. The smallest absolute Gasteiger partial charge is 0.325 e. The number of anilines is 1. The number of hydrogen-bond acceptors (Lipinski definition) is 4. The van der Waals surface area contributed by atoms with Crippen molar-refractivity contribution >= 4 is 40.2 Å². The molecule has 9 heteroatoms. The molecule has 1 amide bonds. The van der Waals surface area contributed by atoms with Gasteiger partial charge in [-0.15, -0.1) is 5.10 Å². The normalized spacial score (nSPS) is 10.3. The van der Waals surface area contributed by atoms with Crippen LogP contribution in [-0.4, -0.2) is 32.0 Å². The van der Waals surface area contributed by atoms with Crippen molar-refractivity contribution in [2.45, 2.75) is 6.54 Å². The fraction of sp³-hybridized carbons (Fsp3) is 0.0909. The van der Waals surface area contributed by atoms with E-state index in [4.69, 9.17) is 5.11 Å². The maximum atomic E-state index is 12.9. The predicted octanol–water partition coefficient (Wildman–Crippen LogP) is 1.36. The Morgan fingerprint density at radius 3 is 2.85 bits per heavy atom. The molecule has 2 rings (SSSR count). The third-order valence-corrected chi connectivity index (χ3v) is 3.14. The van der Waals surface area contributed by atoms with Crippen LogP contribution in [0.5, 0.6) is 0 Å². The van der Waals surface area contributed by atoms with E-state index in [1.54, 1.807) is 0 Å². The molecule has 0 aliphatic rings. The number of carboxylic acids is 1. The minimum atomic E-state index is -1.09. The van der Waals surface area contributed by atoms with Crippen LogP contribution in [0.2, 0.25) is 0 Å². The molecule has 0 saturated carbocycles. The first kappa shape index (κ1) is 14.4. The number of aliphatic carboxylic acids is 1. The molecule has 0 unspecified atom stereocenters. The molecule has 0 bridgehead atoms. The van der Waals surface area contributed by atoms with Gasteiger partial charge in [-0.05, 0) is 40.8 Å². The standard InChI is InChI=1S/C11H8FIN4O3/c12-6-1-2-8(7(13)3-6)14-11(20)9-4-17(16-15-9)5-10(18)19/h1-4H,5H2,(H,14,20)(H,18,19). The highest BCUT2D eigenvalue weighted by atomic mass is 127. The van der Waals surface area contributed by atoms with Crippen LogP contribution in [0.15, 0.2) is 24.4 Å². The SMILES string of the molecule is O=C(O)Cn1cc(C(=O)Nc2ccc(F)cc2I)nn1. The zero-order valence-electron chi connectivity index (χ0n) is 9.88. The summed E-state index contributed by atoms with van der Waals surface area (Å²) in [6.07, 6.45) is 1.22. The number of hydrogen-bond donors (Lipinski definition) is 2. The zero-order valence-corrected chi connectivity index (χ0v) is 12.0. The van der Waals surface area contributed by atoms with Crippen molar-refractivity contribution in [3.8, 4) is 0 Å². The van der Waals surface area contributed by atoms with Gasteiger partial charge in [0.1, 0.15) is 12.4 Å². The first-order valence-corrected chi connectivity index (χ1v) is 6.42. The lowest BCUT2D eigenvalue weighted by Crippen LogP contribution is -2.13. The van der Waals surface area contributed by atoms with Crippen LogP contribution in [0, 0.1) is 9.39 Å². The second-order valence-corrected chi connectivity index (χ2v) is 4.94. The third kappa shape index (κ3) is 3.50. The summed E-state index contributed by atoms with van der Waals surface area (Å²) >= 11 is 1.89. The number of carboxylic acid groups (broad SMARTS) is 1. The molecule has 2 N–H and O–H groups in total. The Morgan fingerprint density at radius 2 is 2.20 bits per heavy atom. The van der Waals surface area contributed by atoms with Gasteiger partial charge in [0.2, 0.25) is 0 Å². The fourth-order valence-corrected chi connectivity index (χ4v) is 2.01. The molecule has 0 fully saturated rings. The van der Waals surface area contributed by atoms with Crippen LogP contribution in [-0.2, 0) is 11.3 Å². The number of nitrogens with zero attached hydrogens (tertiary/aromatic N) is 3. The number of rotatable bonds is 4. The summed E-state index contributed by atoms with van der Waals surface area (Å²) in [6.45, 7) is -0.381. The first-order chi connectivity index (χ1) is 9.45. The zero-order chi connectivity index (χ0) is 14.7. The Hall–Kier alpha value is -2.04. The van der Waals surface area contributed by atoms with Crippen molar-refractivity contribution in [2.75, 3.05) is 5.32 Å². The van der Waals surface area contributed by atoms with Crippen molar-refractivity contribution in [3.05, 3.63) is 39.5 Å². The predicted molar refractivity (Wildman–Crippen MR) is 74.7 cm³/mol. The number of benzene rings is 1. The van der Waals surface area contributed by atoms with E-state index in [0.29, 0.717) is 9.26 Å². The lowest BCUT2D eigenvalue weighted by atomic mass is 10.3. The van der Waals surface area contributed by atoms with E-state index in [-0.39, 0.29) is 12.2 Å². The van der Waals surface area contributed by atoms with E-state index in [1.165, 1.54) is 24.4 Å². The molecule has 104 valence electrons. The van der Waals surface area contributed by atoms with Gasteiger partial charge >= 0.3 is 5.97 Å². The second kappa shape index (κ2) is 5.94. The molecule has 0 saturated heterocycles. The molecular weight excluding hydrogens is 382 g/mol. The Labute approximate surface area is 125 Å². The van der Waals surface area contributed by atoms with E-state index in [1.807, 2.05) is 22.6 Å². The molecule has 1 aromatic heterocycles. The maximum Gasteiger partial charge on any atom is 0.325 e. The number of amides is 1. The molecule has 2 aromatic rings. The minimum absolute atomic E-state index is 0.0219. The summed E-state index contributed by atoms with van der Waals surface area (Å²) in [5.41, 5.74) is 0.413. The van der Waals surface area contributed by atoms with E-state index < -0.39 is 17.7 Å². The first-order valence-electron chi connectivity index (χ1n) is 5.34. The largest absolute Gasteiger partial charge is 0.480 e. The van der Waals surface area contributed by atoms with Gasteiger partial charge in [0.25, 0.3) is 5.91 Å². The Bertz CT molecular complexity index is 673. The van der Waals surface area contributed by atoms with Crippen molar-refractivity contribution in [1.29, 1.82) is 0 Å². The van der Waals surface area contributed by atoms with Crippen LogP contribution in [0.25, 0.3) is 0 Å². The number of carbonyl (C=O) groups is 2. The number of nitrogens with one attached hydrogen (secondary N) is 1. The van der Waals surface area contributed by atoms with E-state index in [9.17, 15) is 14.0 Å². The van der Waals surface area contributed by atoms with E-state index >= 15 is 0 Å². The van der Waals surface area contributed by atoms with E-state index in [2.05, 4.69) is 15.6 Å². The summed E-state index contributed by atoms with van der Waals surface area (Å²) in [5.74, 6) is -2.04. The lowest BCUT2D eigenvalue weighted by molar-refractivity contribution is -0.137. The van der Waals surface area contributed by atoms with Crippen molar-refractivity contribution in [1.82, 2.24) is 15.0 Å². The lowest BCUT2D eigenvalue weighted by Gasteiger charge is -2.05. The maximum absolute atomic E-state index is 12.9. The number of aromatic nitrogens is 3. The molecule has 1 aromatic carbocycles. The van der Waals surface area contributed by atoms with Crippen LogP contribution in [0.4, 0.5) is 10.1 Å². The van der Waals surface area contributed by atoms with Gasteiger partial charge in [0, 0.05) is 3.57 Å². The fourth-order valence-electron chi connectivity index (χ4n) is 1.40. The monoisotopic (exact) mass is 390 g/mol. The highest BCUT2D eigenvalue weighted by Crippen LogP contribution is 2.19.